The molecule has 2 N–H and O–H groups in total. The zero-order valence-electron chi connectivity index (χ0n) is 17.1. The first-order valence-electron chi connectivity index (χ1n) is 10.7. The first-order valence-corrected chi connectivity index (χ1v) is 12.5. The number of hydrogen-bond donors (Lipinski definition) is 2. The highest BCUT2D eigenvalue weighted by Crippen LogP contribution is 2.44. The summed E-state index contributed by atoms with van der Waals surface area (Å²) in [5, 5.41) is 6.61. The fourth-order valence-electron chi connectivity index (χ4n) is 4.62. The van der Waals surface area contributed by atoms with Crippen molar-refractivity contribution in [3.05, 3.63) is 23.8 Å². The van der Waals surface area contributed by atoms with E-state index in [0.29, 0.717) is 32.1 Å². The van der Waals surface area contributed by atoms with Crippen molar-refractivity contribution in [1.29, 1.82) is 0 Å². The molecule has 0 radical (unpaired) electrons. The molecule has 1 aliphatic carbocycles. The summed E-state index contributed by atoms with van der Waals surface area (Å²) in [6.45, 7) is 4.61. The summed E-state index contributed by atoms with van der Waals surface area (Å²) in [6, 6.07) is 6.23. The number of hydrogen-bond acceptors (Lipinski definition) is 5. The average molecular weight is 422 g/mol. The van der Waals surface area contributed by atoms with Crippen LogP contribution in [-0.4, -0.2) is 58.2 Å². The standard InChI is InChI=1S/C21H31N3O4S/c1-2-22-20(24-17-7-12-29(25,26)14-17)23-15-21(8-3-4-9-21)16-5-6-18-19(13-16)28-11-10-27-18/h5-6,13,17H,2-4,7-12,14-15H2,1H3,(H2,22,23,24). The Kier molecular flexibility index (Phi) is 5.90. The van der Waals surface area contributed by atoms with E-state index in [2.05, 4.69) is 22.8 Å². The molecule has 2 aliphatic heterocycles. The first-order chi connectivity index (χ1) is 14.0. The van der Waals surface area contributed by atoms with Crippen LogP contribution in [0.5, 0.6) is 11.5 Å². The number of fused-ring (bicyclic) bond motifs is 1. The second-order valence-electron chi connectivity index (χ2n) is 8.29. The molecule has 8 heteroatoms. The zero-order valence-corrected chi connectivity index (χ0v) is 17.9. The van der Waals surface area contributed by atoms with Gasteiger partial charge in [-0.3, -0.25) is 4.99 Å². The van der Waals surface area contributed by atoms with Crippen molar-refractivity contribution in [2.45, 2.75) is 50.5 Å². The lowest BCUT2D eigenvalue weighted by Gasteiger charge is -2.30. The van der Waals surface area contributed by atoms with Crippen molar-refractivity contribution in [3.63, 3.8) is 0 Å². The molecular formula is C21H31N3O4S. The van der Waals surface area contributed by atoms with Crippen LogP contribution in [-0.2, 0) is 15.3 Å². The number of rotatable bonds is 5. The van der Waals surface area contributed by atoms with Gasteiger partial charge in [0.05, 0.1) is 18.1 Å². The van der Waals surface area contributed by atoms with Gasteiger partial charge in [-0.1, -0.05) is 18.9 Å². The maximum Gasteiger partial charge on any atom is 0.191 e. The van der Waals surface area contributed by atoms with Gasteiger partial charge in [0.1, 0.15) is 13.2 Å². The number of nitrogens with zero attached hydrogens (tertiary/aromatic N) is 1. The van der Waals surface area contributed by atoms with Crippen LogP contribution in [0.4, 0.5) is 0 Å². The SMILES string of the molecule is CCNC(=NCC1(c2ccc3c(c2)OCCO3)CCCC1)NC1CCS(=O)(=O)C1. The molecule has 0 aromatic heterocycles. The van der Waals surface area contributed by atoms with Crippen LogP contribution in [0.2, 0.25) is 0 Å². The molecule has 0 bridgehead atoms. The van der Waals surface area contributed by atoms with Crippen LogP contribution in [0.15, 0.2) is 23.2 Å². The van der Waals surface area contributed by atoms with Crippen LogP contribution in [0.1, 0.15) is 44.6 Å². The maximum absolute atomic E-state index is 11.8. The van der Waals surface area contributed by atoms with Gasteiger partial charge in [-0.25, -0.2) is 8.42 Å². The van der Waals surface area contributed by atoms with E-state index in [1.54, 1.807) is 0 Å². The van der Waals surface area contributed by atoms with Crippen molar-refractivity contribution >= 4 is 15.8 Å². The van der Waals surface area contributed by atoms with Crippen molar-refractivity contribution in [3.8, 4) is 11.5 Å². The van der Waals surface area contributed by atoms with Crippen LogP contribution in [0, 0.1) is 0 Å². The van der Waals surface area contributed by atoms with Gasteiger partial charge >= 0.3 is 0 Å². The number of guanidine groups is 1. The van der Waals surface area contributed by atoms with Crippen LogP contribution in [0.3, 0.4) is 0 Å². The van der Waals surface area contributed by atoms with Crippen molar-refractivity contribution in [2.75, 3.05) is 37.8 Å². The number of aliphatic imine (C=N–C) groups is 1. The van der Waals surface area contributed by atoms with Gasteiger partial charge in [0.25, 0.3) is 0 Å². The van der Waals surface area contributed by atoms with Gasteiger partial charge in [-0.15, -0.1) is 0 Å². The second-order valence-corrected chi connectivity index (χ2v) is 10.5. The first kappa shape index (κ1) is 20.3. The van der Waals surface area contributed by atoms with E-state index in [9.17, 15) is 8.42 Å². The lowest BCUT2D eigenvalue weighted by Crippen LogP contribution is -2.44. The van der Waals surface area contributed by atoms with E-state index in [1.807, 2.05) is 13.0 Å². The molecular weight excluding hydrogens is 390 g/mol. The van der Waals surface area contributed by atoms with Crippen LogP contribution >= 0.6 is 0 Å². The summed E-state index contributed by atoms with van der Waals surface area (Å²) in [6.07, 6.45) is 5.20. The molecule has 0 amide bonds. The summed E-state index contributed by atoms with van der Waals surface area (Å²) < 4.78 is 35.0. The topological polar surface area (TPSA) is 89.0 Å². The predicted molar refractivity (Wildman–Crippen MR) is 114 cm³/mol. The second kappa shape index (κ2) is 8.42. The molecule has 4 rings (SSSR count). The maximum atomic E-state index is 11.8. The molecule has 1 aromatic rings. The summed E-state index contributed by atoms with van der Waals surface area (Å²) >= 11 is 0. The van der Waals surface area contributed by atoms with Crippen molar-refractivity contribution < 1.29 is 17.9 Å². The smallest absolute Gasteiger partial charge is 0.191 e. The van der Waals surface area contributed by atoms with Gasteiger partial charge in [-0.05, 0) is 43.9 Å². The van der Waals surface area contributed by atoms with E-state index in [1.165, 1.54) is 18.4 Å². The van der Waals surface area contributed by atoms with Crippen LogP contribution < -0.4 is 20.1 Å². The minimum absolute atomic E-state index is 0.0139. The molecule has 2 heterocycles. The van der Waals surface area contributed by atoms with Gasteiger partial charge in [0, 0.05) is 18.0 Å². The molecule has 29 heavy (non-hydrogen) atoms. The van der Waals surface area contributed by atoms with Crippen LogP contribution in [0.25, 0.3) is 0 Å². The Hall–Kier alpha value is -1.96. The summed E-state index contributed by atoms with van der Waals surface area (Å²) in [5.41, 5.74) is 1.24. The number of ether oxygens (including phenoxy) is 2. The highest BCUT2D eigenvalue weighted by atomic mass is 32.2. The Labute approximate surface area is 173 Å². The minimum atomic E-state index is -2.92. The monoisotopic (exact) mass is 421 g/mol. The molecule has 1 atom stereocenters. The molecule has 2 fully saturated rings. The third kappa shape index (κ3) is 4.63. The minimum Gasteiger partial charge on any atom is -0.486 e. The quantitative estimate of drug-likeness (QED) is 0.559. The Morgan fingerprint density at radius 2 is 1.97 bits per heavy atom. The molecule has 1 unspecified atom stereocenters. The Bertz CT molecular complexity index is 863. The molecule has 1 saturated carbocycles. The average Bonchev–Trinajstić information content (AvgIpc) is 3.33. The van der Waals surface area contributed by atoms with E-state index in [4.69, 9.17) is 14.5 Å². The van der Waals surface area contributed by atoms with E-state index in [0.717, 1.165) is 30.9 Å². The molecule has 1 aromatic carbocycles. The molecule has 3 aliphatic rings. The molecule has 1 saturated heterocycles. The Balaban J connectivity index is 1.53. The lowest BCUT2D eigenvalue weighted by atomic mass is 9.79. The summed E-state index contributed by atoms with van der Waals surface area (Å²) in [5.74, 6) is 2.79. The van der Waals surface area contributed by atoms with E-state index in [-0.39, 0.29) is 23.0 Å². The normalized spacial score (nSPS) is 25.0. The molecule has 7 nitrogen and oxygen atoms in total. The number of sulfone groups is 1. The predicted octanol–water partition coefficient (Wildman–Crippen LogP) is 2.01. The van der Waals surface area contributed by atoms with Gasteiger partial charge in [-0.2, -0.15) is 0 Å². The summed E-state index contributed by atoms with van der Waals surface area (Å²) in [4.78, 5) is 4.89. The largest absolute Gasteiger partial charge is 0.486 e. The fourth-order valence-corrected chi connectivity index (χ4v) is 6.29. The Morgan fingerprint density at radius 1 is 1.21 bits per heavy atom. The number of nitrogens with one attached hydrogen (secondary N) is 2. The lowest BCUT2D eigenvalue weighted by molar-refractivity contribution is 0.171. The zero-order chi connectivity index (χ0) is 20.3. The highest BCUT2D eigenvalue weighted by molar-refractivity contribution is 7.91. The van der Waals surface area contributed by atoms with E-state index >= 15 is 0 Å². The third-order valence-electron chi connectivity index (χ3n) is 6.17. The Morgan fingerprint density at radius 3 is 2.66 bits per heavy atom. The third-order valence-corrected chi connectivity index (χ3v) is 7.94. The fraction of sp³-hybridized carbons (Fsp3) is 0.667. The van der Waals surface area contributed by atoms with Gasteiger partial charge in [0.2, 0.25) is 0 Å². The van der Waals surface area contributed by atoms with Crippen molar-refractivity contribution in [1.82, 2.24) is 10.6 Å². The molecule has 160 valence electrons. The highest BCUT2D eigenvalue weighted by Gasteiger charge is 2.37. The van der Waals surface area contributed by atoms with Gasteiger partial charge in [0.15, 0.2) is 27.3 Å². The van der Waals surface area contributed by atoms with Gasteiger partial charge < -0.3 is 20.1 Å². The van der Waals surface area contributed by atoms with E-state index < -0.39 is 9.84 Å². The summed E-state index contributed by atoms with van der Waals surface area (Å²) in [7, 11) is -2.92. The number of benzene rings is 1. The van der Waals surface area contributed by atoms with Crippen molar-refractivity contribution in [2.24, 2.45) is 4.99 Å². The molecule has 0 spiro atoms.